The van der Waals surface area contributed by atoms with Crippen LogP contribution >= 0.6 is 15.9 Å². The van der Waals surface area contributed by atoms with E-state index in [2.05, 4.69) is 25.7 Å². The van der Waals surface area contributed by atoms with Crippen LogP contribution in [0.15, 0.2) is 22.9 Å². The van der Waals surface area contributed by atoms with Crippen molar-refractivity contribution in [2.24, 2.45) is 0 Å². The Balaban J connectivity index is 2.54. The minimum Gasteiger partial charge on any atom is -0.469 e. The Kier molecular flexibility index (Phi) is 3.89. The van der Waals surface area contributed by atoms with Crippen LogP contribution in [0.3, 0.4) is 0 Å². The second-order valence-electron chi connectivity index (χ2n) is 2.54. The molecule has 13 heavy (non-hydrogen) atoms. The van der Waals surface area contributed by atoms with Crippen molar-refractivity contribution in [1.82, 2.24) is 4.98 Å². The van der Waals surface area contributed by atoms with E-state index in [-0.39, 0.29) is 5.97 Å². The standard InChI is InChI=1S/C9H10BrNO2/c1-13-9(12)3-2-7-6-11-5-4-8(7)10/h4-6H,2-3H2,1H3. The maximum atomic E-state index is 10.8. The van der Waals surface area contributed by atoms with Crippen molar-refractivity contribution in [3.8, 4) is 0 Å². The summed E-state index contributed by atoms with van der Waals surface area (Å²) in [5, 5.41) is 0. The van der Waals surface area contributed by atoms with Crippen LogP contribution in [-0.4, -0.2) is 18.1 Å². The van der Waals surface area contributed by atoms with Crippen LogP contribution < -0.4 is 0 Å². The lowest BCUT2D eigenvalue weighted by atomic mass is 10.2. The smallest absolute Gasteiger partial charge is 0.305 e. The molecule has 0 aliphatic carbocycles. The zero-order valence-electron chi connectivity index (χ0n) is 7.29. The summed E-state index contributed by atoms with van der Waals surface area (Å²) in [6.07, 6.45) is 4.49. The Morgan fingerprint density at radius 3 is 3.08 bits per heavy atom. The molecular formula is C9H10BrNO2. The third kappa shape index (κ3) is 3.14. The van der Waals surface area contributed by atoms with Crippen LogP contribution in [0, 0.1) is 0 Å². The molecule has 1 aromatic rings. The number of nitrogens with zero attached hydrogens (tertiary/aromatic N) is 1. The molecule has 0 aromatic carbocycles. The number of rotatable bonds is 3. The second kappa shape index (κ2) is 4.97. The fourth-order valence-electron chi connectivity index (χ4n) is 0.933. The molecule has 0 unspecified atom stereocenters. The summed E-state index contributed by atoms with van der Waals surface area (Å²) in [6.45, 7) is 0. The van der Waals surface area contributed by atoms with Gasteiger partial charge in [0.1, 0.15) is 0 Å². The van der Waals surface area contributed by atoms with E-state index in [0.29, 0.717) is 12.8 Å². The second-order valence-corrected chi connectivity index (χ2v) is 3.40. The van der Waals surface area contributed by atoms with Crippen LogP contribution in [-0.2, 0) is 16.0 Å². The largest absolute Gasteiger partial charge is 0.469 e. The number of pyridine rings is 1. The molecular weight excluding hydrogens is 234 g/mol. The first-order chi connectivity index (χ1) is 6.24. The van der Waals surface area contributed by atoms with E-state index >= 15 is 0 Å². The maximum absolute atomic E-state index is 10.8. The van der Waals surface area contributed by atoms with E-state index in [1.54, 1.807) is 12.4 Å². The van der Waals surface area contributed by atoms with Crippen LogP contribution in [0.4, 0.5) is 0 Å². The summed E-state index contributed by atoms with van der Waals surface area (Å²) in [5.74, 6) is -0.198. The minimum atomic E-state index is -0.198. The molecule has 0 bridgehead atoms. The highest BCUT2D eigenvalue weighted by Crippen LogP contribution is 2.16. The quantitative estimate of drug-likeness (QED) is 0.763. The van der Waals surface area contributed by atoms with Crippen molar-refractivity contribution < 1.29 is 9.53 Å². The number of carbonyl (C=O) groups excluding carboxylic acids is 1. The number of hydrogen-bond donors (Lipinski definition) is 0. The number of hydrogen-bond acceptors (Lipinski definition) is 3. The van der Waals surface area contributed by atoms with Gasteiger partial charge in [-0.2, -0.15) is 0 Å². The predicted octanol–water partition coefficient (Wildman–Crippen LogP) is 1.95. The molecule has 0 amide bonds. The van der Waals surface area contributed by atoms with Gasteiger partial charge in [-0.3, -0.25) is 9.78 Å². The number of esters is 1. The summed E-state index contributed by atoms with van der Waals surface area (Å²) in [5.41, 5.74) is 1.02. The topological polar surface area (TPSA) is 39.2 Å². The fourth-order valence-corrected chi connectivity index (χ4v) is 1.35. The average Bonchev–Trinajstić information content (AvgIpc) is 2.16. The van der Waals surface area contributed by atoms with Gasteiger partial charge in [0.25, 0.3) is 0 Å². The van der Waals surface area contributed by atoms with Gasteiger partial charge in [-0.25, -0.2) is 0 Å². The van der Waals surface area contributed by atoms with Gasteiger partial charge in [-0.15, -0.1) is 0 Å². The van der Waals surface area contributed by atoms with Gasteiger partial charge in [-0.1, -0.05) is 15.9 Å². The highest BCUT2D eigenvalue weighted by Gasteiger charge is 2.03. The SMILES string of the molecule is COC(=O)CCc1cnccc1Br. The molecule has 0 aliphatic heterocycles. The van der Waals surface area contributed by atoms with Gasteiger partial charge in [0, 0.05) is 23.3 Å². The molecule has 0 spiro atoms. The number of carbonyl (C=O) groups is 1. The average molecular weight is 244 g/mol. The summed E-state index contributed by atoms with van der Waals surface area (Å²) in [4.78, 5) is 14.8. The highest BCUT2D eigenvalue weighted by atomic mass is 79.9. The Labute approximate surface area is 85.3 Å². The Morgan fingerprint density at radius 2 is 2.46 bits per heavy atom. The molecule has 70 valence electrons. The first kappa shape index (κ1) is 10.2. The molecule has 0 aliphatic rings. The van der Waals surface area contributed by atoms with Gasteiger partial charge in [0.15, 0.2) is 0 Å². The van der Waals surface area contributed by atoms with Gasteiger partial charge >= 0.3 is 5.97 Å². The molecule has 4 heteroatoms. The van der Waals surface area contributed by atoms with Crippen LogP contribution in [0.25, 0.3) is 0 Å². The monoisotopic (exact) mass is 243 g/mol. The minimum absolute atomic E-state index is 0.198. The van der Waals surface area contributed by atoms with Crippen LogP contribution in [0.5, 0.6) is 0 Å². The molecule has 1 heterocycles. The summed E-state index contributed by atoms with van der Waals surface area (Å²) in [7, 11) is 1.39. The van der Waals surface area contributed by atoms with Crippen LogP contribution in [0.1, 0.15) is 12.0 Å². The number of methoxy groups -OCH3 is 1. The van der Waals surface area contributed by atoms with E-state index in [1.807, 2.05) is 6.07 Å². The molecule has 0 radical (unpaired) electrons. The van der Waals surface area contributed by atoms with E-state index in [0.717, 1.165) is 10.0 Å². The zero-order valence-corrected chi connectivity index (χ0v) is 8.87. The molecule has 0 fully saturated rings. The fraction of sp³-hybridized carbons (Fsp3) is 0.333. The van der Waals surface area contributed by atoms with Crippen molar-refractivity contribution >= 4 is 21.9 Å². The predicted molar refractivity (Wildman–Crippen MR) is 52.3 cm³/mol. The Morgan fingerprint density at radius 1 is 1.69 bits per heavy atom. The van der Waals surface area contributed by atoms with E-state index < -0.39 is 0 Å². The van der Waals surface area contributed by atoms with Crippen molar-refractivity contribution in [2.75, 3.05) is 7.11 Å². The third-order valence-electron chi connectivity index (χ3n) is 1.67. The summed E-state index contributed by atoms with van der Waals surface area (Å²) >= 11 is 3.38. The Bertz CT molecular complexity index is 301. The summed E-state index contributed by atoms with van der Waals surface area (Å²) < 4.78 is 5.52. The van der Waals surface area contributed by atoms with Gasteiger partial charge < -0.3 is 4.74 Å². The van der Waals surface area contributed by atoms with Crippen molar-refractivity contribution in [3.63, 3.8) is 0 Å². The van der Waals surface area contributed by atoms with Crippen LogP contribution in [0.2, 0.25) is 0 Å². The first-order valence-corrected chi connectivity index (χ1v) is 4.68. The zero-order chi connectivity index (χ0) is 9.68. The molecule has 1 aromatic heterocycles. The molecule has 3 nitrogen and oxygen atoms in total. The van der Waals surface area contributed by atoms with E-state index in [9.17, 15) is 4.79 Å². The Hall–Kier alpha value is -0.900. The molecule has 0 saturated carbocycles. The molecule has 0 atom stereocenters. The molecule has 0 saturated heterocycles. The third-order valence-corrected chi connectivity index (χ3v) is 2.44. The van der Waals surface area contributed by atoms with Gasteiger partial charge in [0.05, 0.1) is 7.11 Å². The number of halogens is 1. The van der Waals surface area contributed by atoms with Crippen molar-refractivity contribution in [1.29, 1.82) is 0 Å². The lowest BCUT2D eigenvalue weighted by Crippen LogP contribution is -2.02. The number of aryl methyl sites for hydroxylation is 1. The lowest BCUT2D eigenvalue weighted by Gasteiger charge is -2.01. The summed E-state index contributed by atoms with van der Waals surface area (Å²) in [6, 6.07) is 1.85. The maximum Gasteiger partial charge on any atom is 0.305 e. The molecule has 1 rings (SSSR count). The van der Waals surface area contributed by atoms with E-state index in [4.69, 9.17) is 0 Å². The van der Waals surface area contributed by atoms with E-state index in [1.165, 1.54) is 7.11 Å². The first-order valence-electron chi connectivity index (χ1n) is 3.89. The van der Waals surface area contributed by atoms with Gasteiger partial charge in [-0.05, 0) is 18.1 Å². The van der Waals surface area contributed by atoms with Gasteiger partial charge in [0.2, 0.25) is 0 Å². The highest BCUT2D eigenvalue weighted by molar-refractivity contribution is 9.10. The molecule has 0 N–H and O–H groups in total. The van der Waals surface area contributed by atoms with Crippen molar-refractivity contribution in [3.05, 3.63) is 28.5 Å². The lowest BCUT2D eigenvalue weighted by molar-refractivity contribution is -0.140. The number of aromatic nitrogens is 1. The number of ether oxygens (including phenoxy) is 1. The van der Waals surface area contributed by atoms with Crippen molar-refractivity contribution in [2.45, 2.75) is 12.8 Å². The normalized spacial score (nSPS) is 9.69.